The predicted molar refractivity (Wildman–Crippen MR) is 64.5 cm³/mol. The number of nitrogens with zero attached hydrogens (tertiary/aromatic N) is 2. The Morgan fingerprint density at radius 1 is 1.38 bits per heavy atom. The Morgan fingerprint density at radius 2 is 2.31 bits per heavy atom. The number of oxazole rings is 1. The summed E-state index contributed by atoms with van der Waals surface area (Å²) in [5.41, 5.74) is 1.20. The van der Waals surface area contributed by atoms with Crippen molar-refractivity contribution in [2.24, 2.45) is 0 Å². The Kier molecular flexibility index (Phi) is 3.82. The number of hydrogen-bond acceptors (Lipinski definition) is 5. The maximum Gasteiger partial charge on any atom is 0.255 e. The van der Waals surface area contributed by atoms with Gasteiger partial charge in [-0.05, 0) is 24.6 Å². The van der Waals surface area contributed by atoms with E-state index in [2.05, 4.69) is 22.2 Å². The number of rotatable bonds is 5. The summed E-state index contributed by atoms with van der Waals surface area (Å²) >= 11 is 1.57. The molecule has 0 bridgehead atoms. The summed E-state index contributed by atoms with van der Waals surface area (Å²) in [6, 6.07) is 4.04. The molecule has 0 fully saturated rings. The molecule has 16 heavy (non-hydrogen) atoms. The molecule has 0 saturated carbocycles. The fourth-order valence-electron chi connectivity index (χ4n) is 1.27. The smallest absolute Gasteiger partial charge is 0.255 e. The number of thioether (sulfide) groups is 1. The van der Waals surface area contributed by atoms with Gasteiger partial charge in [-0.2, -0.15) is 0 Å². The van der Waals surface area contributed by atoms with Crippen LogP contribution in [0.25, 0.3) is 0 Å². The number of anilines is 1. The first-order valence-electron chi connectivity index (χ1n) is 5.09. The fourth-order valence-corrected chi connectivity index (χ4v) is 2.00. The molecule has 0 saturated heterocycles. The molecule has 2 heterocycles. The van der Waals surface area contributed by atoms with Crippen molar-refractivity contribution in [2.45, 2.75) is 17.9 Å². The highest BCUT2D eigenvalue weighted by atomic mass is 32.2. The first-order chi connectivity index (χ1) is 7.88. The van der Waals surface area contributed by atoms with Gasteiger partial charge in [-0.1, -0.05) is 11.8 Å². The number of pyridine rings is 1. The molecule has 1 N–H and O–H groups in total. The van der Waals surface area contributed by atoms with Gasteiger partial charge in [0.1, 0.15) is 12.1 Å². The van der Waals surface area contributed by atoms with Crippen molar-refractivity contribution in [3.63, 3.8) is 0 Å². The maximum atomic E-state index is 5.15. The van der Waals surface area contributed by atoms with E-state index in [4.69, 9.17) is 4.42 Å². The molecule has 0 amide bonds. The molecule has 84 valence electrons. The van der Waals surface area contributed by atoms with Crippen molar-refractivity contribution in [3.05, 3.63) is 36.4 Å². The molecular formula is C11H13N3OS. The van der Waals surface area contributed by atoms with Gasteiger partial charge in [0.25, 0.3) is 5.22 Å². The average molecular weight is 235 g/mol. The lowest BCUT2D eigenvalue weighted by atomic mass is 10.3. The Labute approximate surface area is 98.5 Å². The summed E-state index contributed by atoms with van der Waals surface area (Å²) in [7, 11) is 0. The normalized spacial score (nSPS) is 10.3. The van der Waals surface area contributed by atoms with Gasteiger partial charge in [0, 0.05) is 18.5 Å². The molecule has 0 aliphatic rings. The summed E-state index contributed by atoms with van der Waals surface area (Å²) in [6.45, 7) is 2.93. The molecule has 2 aromatic heterocycles. The van der Waals surface area contributed by atoms with E-state index < -0.39 is 0 Å². The largest absolute Gasteiger partial charge is 0.440 e. The zero-order chi connectivity index (χ0) is 11.2. The summed E-state index contributed by atoms with van der Waals surface area (Å²) < 4.78 is 5.15. The van der Waals surface area contributed by atoms with E-state index in [1.54, 1.807) is 24.2 Å². The second-order valence-corrected chi connectivity index (χ2v) is 4.09. The molecule has 2 rings (SSSR count). The predicted octanol–water partition coefficient (Wildman–Crippen LogP) is 2.79. The lowest BCUT2D eigenvalue weighted by Crippen LogP contribution is -1.99. The van der Waals surface area contributed by atoms with E-state index in [0.29, 0.717) is 5.22 Å². The van der Waals surface area contributed by atoms with Gasteiger partial charge in [-0.15, -0.1) is 0 Å². The maximum absolute atomic E-state index is 5.15. The fraction of sp³-hybridized carbons (Fsp3) is 0.273. The van der Waals surface area contributed by atoms with Crippen LogP contribution in [0.1, 0.15) is 12.5 Å². The number of nitrogens with one attached hydrogen (secondary N) is 1. The van der Waals surface area contributed by atoms with Crippen LogP contribution in [0.4, 0.5) is 5.82 Å². The minimum atomic E-state index is 0.696. The quantitative estimate of drug-likeness (QED) is 0.807. The van der Waals surface area contributed by atoms with Crippen LogP contribution in [0.15, 0.2) is 40.4 Å². The molecular weight excluding hydrogens is 222 g/mol. The van der Waals surface area contributed by atoms with Crippen LogP contribution >= 0.6 is 11.8 Å². The molecule has 0 aromatic carbocycles. The van der Waals surface area contributed by atoms with E-state index >= 15 is 0 Å². The van der Waals surface area contributed by atoms with Crippen molar-refractivity contribution in [3.8, 4) is 0 Å². The zero-order valence-electron chi connectivity index (χ0n) is 9.01. The Bertz CT molecular complexity index is 431. The molecule has 0 atom stereocenters. The van der Waals surface area contributed by atoms with E-state index in [-0.39, 0.29) is 0 Å². The number of hydrogen-bond donors (Lipinski definition) is 1. The molecule has 0 spiro atoms. The highest BCUT2D eigenvalue weighted by Crippen LogP contribution is 2.21. The van der Waals surface area contributed by atoms with Crippen LogP contribution in [0.5, 0.6) is 0 Å². The van der Waals surface area contributed by atoms with Crippen LogP contribution in [-0.4, -0.2) is 16.5 Å². The highest BCUT2D eigenvalue weighted by Gasteiger charge is 2.01. The molecule has 5 heteroatoms. The average Bonchev–Trinajstić information content (AvgIpc) is 2.80. The Morgan fingerprint density at radius 3 is 3.06 bits per heavy atom. The first kappa shape index (κ1) is 11.0. The van der Waals surface area contributed by atoms with Crippen molar-refractivity contribution < 1.29 is 4.42 Å². The van der Waals surface area contributed by atoms with Crippen LogP contribution in [0, 0.1) is 0 Å². The summed E-state index contributed by atoms with van der Waals surface area (Å²) in [5, 5.41) is 3.88. The molecule has 2 aromatic rings. The van der Waals surface area contributed by atoms with Gasteiger partial charge in [0.2, 0.25) is 0 Å². The third-order valence-corrected chi connectivity index (χ3v) is 2.88. The molecule has 4 nitrogen and oxygen atoms in total. The van der Waals surface area contributed by atoms with E-state index in [1.165, 1.54) is 5.56 Å². The third-order valence-electron chi connectivity index (χ3n) is 1.95. The van der Waals surface area contributed by atoms with Crippen molar-refractivity contribution in [2.75, 3.05) is 11.9 Å². The van der Waals surface area contributed by atoms with E-state index in [9.17, 15) is 0 Å². The van der Waals surface area contributed by atoms with Gasteiger partial charge in [0.05, 0.1) is 6.20 Å². The summed E-state index contributed by atoms with van der Waals surface area (Å²) in [6.07, 6.45) is 5.04. The Balaban J connectivity index is 1.96. The van der Waals surface area contributed by atoms with Gasteiger partial charge in [-0.3, -0.25) is 0 Å². The highest BCUT2D eigenvalue weighted by molar-refractivity contribution is 7.98. The van der Waals surface area contributed by atoms with Crippen LogP contribution in [0.2, 0.25) is 0 Å². The van der Waals surface area contributed by atoms with Gasteiger partial charge >= 0.3 is 0 Å². The molecule has 0 radical (unpaired) electrons. The zero-order valence-corrected chi connectivity index (χ0v) is 9.83. The lowest BCUT2D eigenvalue weighted by Gasteiger charge is -2.03. The van der Waals surface area contributed by atoms with Crippen LogP contribution in [0.3, 0.4) is 0 Å². The third kappa shape index (κ3) is 3.00. The lowest BCUT2D eigenvalue weighted by molar-refractivity contribution is 0.454. The minimum Gasteiger partial charge on any atom is -0.440 e. The van der Waals surface area contributed by atoms with Gasteiger partial charge in [-0.25, -0.2) is 9.97 Å². The second-order valence-electron chi connectivity index (χ2n) is 3.17. The second kappa shape index (κ2) is 5.55. The van der Waals surface area contributed by atoms with Gasteiger partial charge in [0.15, 0.2) is 0 Å². The monoisotopic (exact) mass is 235 g/mol. The van der Waals surface area contributed by atoms with Crippen LogP contribution < -0.4 is 5.32 Å². The standard InChI is InChI=1S/C11H13N3OS/c1-2-12-10-7-9(3-4-13-10)8-16-11-14-5-6-15-11/h3-7H,2,8H2,1H3,(H,12,13). The SMILES string of the molecule is CCNc1cc(CSc2ncco2)ccn1. The van der Waals surface area contributed by atoms with Crippen molar-refractivity contribution in [1.82, 2.24) is 9.97 Å². The van der Waals surface area contributed by atoms with E-state index in [1.807, 2.05) is 18.3 Å². The molecule has 0 aliphatic heterocycles. The molecule has 0 aliphatic carbocycles. The molecule has 0 unspecified atom stereocenters. The van der Waals surface area contributed by atoms with Crippen molar-refractivity contribution >= 4 is 17.6 Å². The Hall–Kier alpha value is -1.49. The van der Waals surface area contributed by atoms with Gasteiger partial charge < -0.3 is 9.73 Å². The van der Waals surface area contributed by atoms with Crippen LogP contribution in [-0.2, 0) is 5.75 Å². The number of aromatic nitrogens is 2. The van der Waals surface area contributed by atoms with E-state index in [0.717, 1.165) is 18.1 Å². The summed E-state index contributed by atoms with van der Waals surface area (Å²) in [5.74, 6) is 1.74. The minimum absolute atomic E-state index is 0.696. The summed E-state index contributed by atoms with van der Waals surface area (Å²) in [4.78, 5) is 8.27. The topological polar surface area (TPSA) is 51.0 Å². The first-order valence-corrected chi connectivity index (χ1v) is 6.08. The van der Waals surface area contributed by atoms with Crippen molar-refractivity contribution in [1.29, 1.82) is 0 Å².